The molecule has 1 aliphatic heterocycles. The van der Waals surface area contributed by atoms with Crippen molar-refractivity contribution in [3.63, 3.8) is 0 Å². The van der Waals surface area contributed by atoms with Gasteiger partial charge in [0.25, 0.3) is 5.91 Å². The number of anilines is 1. The molecule has 0 unspecified atom stereocenters. The summed E-state index contributed by atoms with van der Waals surface area (Å²) in [6.45, 7) is 0.220. The van der Waals surface area contributed by atoms with E-state index in [9.17, 15) is 4.79 Å². The largest absolute Gasteiger partial charge is 0.496 e. The molecule has 0 bridgehead atoms. The topological polar surface area (TPSA) is 50.8 Å². The van der Waals surface area contributed by atoms with Crippen molar-refractivity contribution in [1.82, 2.24) is 5.32 Å². The van der Waals surface area contributed by atoms with Gasteiger partial charge in [0, 0.05) is 10.6 Å². The van der Waals surface area contributed by atoms with Gasteiger partial charge in [-0.1, -0.05) is 47.5 Å². The summed E-state index contributed by atoms with van der Waals surface area (Å²) < 4.78 is 11.3. The fourth-order valence-corrected chi connectivity index (χ4v) is 4.02. The molecule has 0 saturated carbocycles. The van der Waals surface area contributed by atoms with Gasteiger partial charge in [-0.25, -0.2) is 0 Å². The molecule has 3 aromatic rings. The summed E-state index contributed by atoms with van der Waals surface area (Å²) in [5.41, 5.74) is 2.68. The third kappa shape index (κ3) is 4.72. The third-order valence-corrected chi connectivity index (χ3v) is 5.60. The summed E-state index contributed by atoms with van der Waals surface area (Å²) in [5, 5.41) is 4.28. The van der Waals surface area contributed by atoms with E-state index in [2.05, 4.69) is 5.32 Å². The predicted molar refractivity (Wildman–Crippen MR) is 131 cm³/mol. The highest BCUT2D eigenvalue weighted by Crippen LogP contribution is 2.30. The normalized spacial score (nSPS) is 14.6. The number of nitrogens with one attached hydrogen (secondary N) is 1. The molecule has 1 saturated heterocycles. The van der Waals surface area contributed by atoms with E-state index in [1.807, 2.05) is 48.5 Å². The molecule has 162 valence electrons. The zero-order chi connectivity index (χ0) is 22.7. The van der Waals surface area contributed by atoms with Crippen molar-refractivity contribution in [3.05, 3.63) is 93.6 Å². The average molecular weight is 485 g/mol. The fraction of sp³-hybridized carbons (Fsp3) is 0.0833. The first kappa shape index (κ1) is 22.1. The fourth-order valence-electron chi connectivity index (χ4n) is 3.26. The highest BCUT2D eigenvalue weighted by molar-refractivity contribution is 7.80. The predicted octanol–water partition coefficient (Wildman–Crippen LogP) is 5.84. The Hall–Kier alpha value is -3.06. The van der Waals surface area contributed by atoms with E-state index < -0.39 is 0 Å². The van der Waals surface area contributed by atoms with Crippen LogP contribution in [-0.4, -0.2) is 18.1 Å². The van der Waals surface area contributed by atoms with Crippen LogP contribution < -0.4 is 19.7 Å². The molecule has 1 aliphatic rings. The minimum atomic E-state index is -0.220. The second-order valence-electron chi connectivity index (χ2n) is 6.90. The third-order valence-electron chi connectivity index (χ3n) is 4.79. The molecule has 0 aromatic heterocycles. The van der Waals surface area contributed by atoms with Gasteiger partial charge in [-0.05, 0) is 66.3 Å². The second kappa shape index (κ2) is 9.61. The van der Waals surface area contributed by atoms with E-state index in [4.69, 9.17) is 44.9 Å². The average Bonchev–Trinajstić information content (AvgIpc) is 3.06. The van der Waals surface area contributed by atoms with Gasteiger partial charge in [-0.2, -0.15) is 0 Å². The molecular weight excluding hydrogens is 467 g/mol. The Morgan fingerprint density at radius 2 is 1.78 bits per heavy atom. The standard InChI is InChI=1S/C24H18Cl2N2O3S/c1-30-21-9-7-15(11-16(21)14-31-22-10-8-17(25)13-19(22)26)12-20-23(29)28(24(32)27-20)18-5-3-2-4-6-18/h2-13H,14H2,1H3,(H,27,32)/b20-12+. The van der Waals surface area contributed by atoms with Gasteiger partial charge >= 0.3 is 0 Å². The molecule has 0 aliphatic carbocycles. The van der Waals surface area contributed by atoms with Crippen molar-refractivity contribution >= 4 is 58.2 Å². The van der Waals surface area contributed by atoms with Crippen LogP contribution in [0.5, 0.6) is 11.5 Å². The van der Waals surface area contributed by atoms with Crippen molar-refractivity contribution in [3.8, 4) is 11.5 Å². The number of carbonyl (C=O) groups is 1. The molecule has 1 heterocycles. The first-order chi connectivity index (χ1) is 15.5. The number of thiocarbonyl (C=S) groups is 1. The van der Waals surface area contributed by atoms with Crippen molar-refractivity contribution in [2.75, 3.05) is 12.0 Å². The number of ether oxygens (including phenoxy) is 2. The molecule has 1 amide bonds. The van der Waals surface area contributed by atoms with E-state index in [1.165, 1.54) is 4.90 Å². The van der Waals surface area contributed by atoms with Crippen LogP contribution in [0, 0.1) is 0 Å². The number of nitrogens with zero attached hydrogens (tertiary/aromatic N) is 1. The maximum Gasteiger partial charge on any atom is 0.281 e. The number of hydrogen-bond acceptors (Lipinski definition) is 4. The number of para-hydroxylation sites is 1. The lowest BCUT2D eigenvalue weighted by Gasteiger charge is -2.13. The quantitative estimate of drug-likeness (QED) is 0.351. The van der Waals surface area contributed by atoms with Gasteiger partial charge in [0.1, 0.15) is 23.8 Å². The second-order valence-corrected chi connectivity index (χ2v) is 8.13. The van der Waals surface area contributed by atoms with Gasteiger partial charge in [0.2, 0.25) is 0 Å². The Morgan fingerprint density at radius 3 is 2.50 bits per heavy atom. The molecule has 3 aromatic carbocycles. The number of halogens is 2. The minimum absolute atomic E-state index is 0.220. The number of carbonyl (C=O) groups excluding carboxylic acids is 1. The zero-order valence-electron chi connectivity index (χ0n) is 17.0. The van der Waals surface area contributed by atoms with Crippen LogP contribution in [0.1, 0.15) is 11.1 Å². The Labute approximate surface area is 201 Å². The van der Waals surface area contributed by atoms with Crippen molar-refractivity contribution in [2.24, 2.45) is 0 Å². The van der Waals surface area contributed by atoms with E-state index >= 15 is 0 Å². The maximum absolute atomic E-state index is 12.9. The number of methoxy groups -OCH3 is 1. The molecule has 0 radical (unpaired) electrons. The SMILES string of the molecule is COc1ccc(/C=C2/NC(=S)N(c3ccccc3)C2=O)cc1COc1ccc(Cl)cc1Cl. The molecule has 32 heavy (non-hydrogen) atoms. The van der Waals surface area contributed by atoms with Crippen LogP contribution in [0.4, 0.5) is 5.69 Å². The highest BCUT2D eigenvalue weighted by Gasteiger charge is 2.31. The van der Waals surface area contributed by atoms with Crippen LogP contribution >= 0.6 is 35.4 Å². The van der Waals surface area contributed by atoms with E-state index in [-0.39, 0.29) is 12.5 Å². The summed E-state index contributed by atoms with van der Waals surface area (Å²) in [6.07, 6.45) is 1.75. The summed E-state index contributed by atoms with van der Waals surface area (Å²) in [5.74, 6) is 0.950. The van der Waals surface area contributed by atoms with E-state index in [0.717, 1.165) is 11.1 Å². The lowest BCUT2D eigenvalue weighted by molar-refractivity contribution is -0.113. The van der Waals surface area contributed by atoms with Gasteiger partial charge in [-0.3, -0.25) is 9.69 Å². The van der Waals surface area contributed by atoms with Crippen molar-refractivity contribution in [2.45, 2.75) is 6.61 Å². The van der Waals surface area contributed by atoms with E-state index in [1.54, 1.807) is 31.4 Å². The monoisotopic (exact) mass is 484 g/mol. The van der Waals surface area contributed by atoms with Crippen molar-refractivity contribution < 1.29 is 14.3 Å². The van der Waals surface area contributed by atoms with Crippen LogP contribution in [0.2, 0.25) is 10.0 Å². The maximum atomic E-state index is 12.9. The summed E-state index contributed by atoms with van der Waals surface area (Å²) in [4.78, 5) is 14.4. The van der Waals surface area contributed by atoms with Gasteiger partial charge in [0.15, 0.2) is 5.11 Å². The summed E-state index contributed by atoms with van der Waals surface area (Å²) in [6, 6.07) is 19.9. The molecule has 0 atom stereocenters. The Balaban J connectivity index is 1.57. The molecule has 8 heteroatoms. The first-order valence-electron chi connectivity index (χ1n) is 9.63. The Bertz CT molecular complexity index is 1220. The van der Waals surface area contributed by atoms with Crippen LogP contribution in [0.15, 0.2) is 72.4 Å². The lowest BCUT2D eigenvalue weighted by Crippen LogP contribution is -2.30. The Morgan fingerprint density at radius 1 is 1.03 bits per heavy atom. The van der Waals surface area contributed by atoms with Gasteiger partial charge in [-0.15, -0.1) is 0 Å². The van der Waals surface area contributed by atoms with Gasteiger partial charge in [0.05, 0.1) is 17.8 Å². The summed E-state index contributed by atoms with van der Waals surface area (Å²) in [7, 11) is 1.59. The highest BCUT2D eigenvalue weighted by atomic mass is 35.5. The smallest absolute Gasteiger partial charge is 0.281 e. The number of rotatable bonds is 6. The molecule has 0 spiro atoms. The number of amides is 1. The molecule has 5 nitrogen and oxygen atoms in total. The number of benzene rings is 3. The molecule has 1 fully saturated rings. The van der Waals surface area contributed by atoms with Crippen LogP contribution in [0.25, 0.3) is 6.08 Å². The lowest BCUT2D eigenvalue weighted by atomic mass is 10.1. The van der Waals surface area contributed by atoms with Crippen molar-refractivity contribution in [1.29, 1.82) is 0 Å². The molecule has 4 rings (SSSR count). The molecule has 1 N–H and O–H groups in total. The zero-order valence-corrected chi connectivity index (χ0v) is 19.3. The van der Waals surface area contributed by atoms with Gasteiger partial charge < -0.3 is 14.8 Å². The first-order valence-corrected chi connectivity index (χ1v) is 10.8. The van der Waals surface area contributed by atoms with Crippen LogP contribution in [-0.2, 0) is 11.4 Å². The van der Waals surface area contributed by atoms with Crippen LogP contribution in [0.3, 0.4) is 0 Å². The number of hydrogen-bond donors (Lipinski definition) is 1. The summed E-state index contributed by atoms with van der Waals surface area (Å²) >= 11 is 17.5. The van der Waals surface area contributed by atoms with E-state index in [0.29, 0.717) is 38.0 Å². The Kier molecular flexibility index (Phi) is 6.65. The minimum Gasteiger partial charge on any atom is -0.496 e. The molecular formula is C24H18Cl2N2O3S.